The molecule has 1 N–H and O–H groups in total. The molecule has 6 heteroatoms. The van der Waals surface area contributed by atoms with Gasteiger partial charge in [-0.2, -0.15) is 0 Å². The lowest BCUT2D eigenvalue weighted by Gasteiger charge is -2.37. The van der Waals surface area contributed by atoms with E-state index in [-0.39, 0.29) is 24.4 Å². The molecule has 1 unspecified atom stereocenters. The van der Waals surface area contributed by atoms with Gasteiger partial charge in [-0.1, -0.05) is 29.8 Å². The van der Waals surface area contributed by atoms with Crippen LogP contribution in [0, 0.1) is 0 Å². The Labute approximate surface area is 143 Å². The normalized spacial score (nSPS) is 22.0. The van der Waals surface area contributed by atoms with E-state index in [2.05, 4.69) is 16.3 Å². The van der Waals surface area contributed by atoms with Crippen LogP contribution in [0.1, 0.15) is 24.4 Å². The predicted molar refractivity (Wildman–Crippen MR) is 91.7 cm³/mol. The molecule has 1 saturated heterocycles. The highest BCUT2D eigenvalue weighted by Crippen LogP contribution is 2.29. The number of benzene rings is 1. The summed E-state index contributed by atoms with van der Waals surface area (Å²) in [5.74, 6) is 0.219. The predicted octanol–water partition coefficient (Wildman–Crippen LogP) is 2.33. The number of halogens is 2. The maximum atomic E-state index is 12.4. The second-order valence-corrected chi connectivity index (χ2v) is 6.35. The Balaban J connectivity index is 0.00000176. The summed E-state index contributed by atoms with van der Waals surface area (Å²) in [5.41, 5.74) is 1.10. The van der Waals surface area contributed by atoms with Gasteiger partial charge in [0.2, 0.25) is 5.91 Å². The van der Waals surface area contributed by atoms with Crippen molar-refractivity contribution in [2.45, 2.75) is 24.9 Å². The molecule has 122 valence electrons. The van der Waals surface area contributed by atoms with Gasteiger partial charge in [-0.3, -0.25) is 9.69 Å². The molecule has 0 bridgehead atoms. The number of carbonyl (C=O) groups excluding carboxylic acids is 1. The Bertz CT molecular complexity index is 522. The van der Waals surface area contributed by atoms with Gasteiger partial charge in [0.05, 0.1) is 6.54 Å². The molecule has 2 fully saturated rings. The van der Waals surface area contributed by atoms with Gasteiger partial charge in [0, 0.05) is 43.8 Å². The quantitative estimate of drug-likeness (QED) is 0.911. The average molecular weight is 344 g/mol. The number of hydrogen-bond acceptors (Lipinski definition) is 3. The van der Waals surface area contributed by atoms with Crippen LogP contribution in [0.4, 0.5) is 0 Å². The number of hydrogen-bond donors (Lipinski definition) is 1. The van der Waals surface area contributed by atoms with E-state index in [0.717, 1.165) is 43.1 Å². The fourth-order valence-corrected chi connectivity index (χ4v) is 3.20. The summed E-state index contributed by atoms with van der Waals surface area (Å²) >= 11 is 6.33. The number of likely N-dealkylation sites (N-methyl/N-ethyl adjacent to an activating group) is 1. The molecule has 2 aliphatic rings. The van der Waals surface area contributed by atoms with Gasteiger partial charge in [-0.15, -0.1) is 12.4 Å². The van der Waals surface area contributed by atoms with Crippen LogP contribution in [-0.4, -0.2) is 55.0 Å². The van der Waals surface area contributed by atoms with E-state index in [1.807, 2.05) is 30.1 Å². The fraction of sp³-hybridized carbons (Fsp3) is 0.562. The number of piperazine rings is 1. The summed E-state index contributed by atoms with van der Waals surface area (Å²) < 4.78 is 0. The fourth-order valence-electron chi connectivity index (χ4n) is 2.94. The topological polar surface area (TPSA) is 35.6 Å². The minimum atomic E-state index is 0. The summed E-state index contributed by atoms with van der Waals surface area (Å²) in [6, 6.07) is 8.57. The molecule has 22 heavy (non-hydrogen) atoms. The largest absolute Gasteiger partial charge is 0.342 e. The molecule has 1 aromatic rings. The van der Waals surface area contributed by atoms with E-state index < -0.39 is 0 Å². The zero-order valence-corrected chi connectivity index (χ0v) is 14.4. The van der Waals surface area contributed by atoms with Gasteiger partial charge in [-0.25, -0.2) is 0 Å². The molecule has 4 nitrogen and oxygen atoms in total. The Hall–Kier alpha value is -0.810. The lowest BCUT2D eigenvalue weighted by molar-refractivity contribution is -0.132. The van der Waals surface area contributed by atoms with Crippen LogP contribution in [0.3, 0.4) is 0 Å². The Morgan fingerprint density at radius 2 is 2.14 bits per heavy atom. The minimum Gasteiger partial charge on any atom is -0.342 e. The molecule has 1 saturated carbocycles. The Morgan fingerprint density at radius 1 is 1.41 bits per heavy atom. The van der Waals surface area contributed by atoms with E-state index in [9.17, 15) is 4.79 Å². The van der Waals surface area contributed by atoms with Gasteiger partial charge in [-0.05, 0) is 24.5 Å². The maximum Gasteiger partial charge on any atom is 0.236 e. The molecule has 1 aliphatic carbocycles. The monoisotopic (exact) mass is 343 g/mol. The highest BCUT2D eigenvalue weighted by Gasteiger charge is 2.32. The van der Waals surface area contributed by atoms with Crippen LogP contribution in [0.2, 0.25) is 5.02 Å². The second-order valence-electron chi connectivity index (χ2n) is 5.95. The lowest BCUT2D eigenvalue weighted by atomic mass is 10.0. The van der Waals surface area contributed by atoms with Crippen LogP contribution in [0.15, 0.2) is 24.3 Å². The molecule has 1 aromatic carbocycles. The lowest BCUT2D eigenvalue weighted by Crippen LogP contribution is -2.50. The van der Waals surface area contributed by atoms with Crippen LogP contribution >= 0.6 is 24.0 Å². The molecule has 1 amide bonds. The van der Waals surface area contributed by atoms with Crippen molar-refractivity contribution in [3.05, 3.63) is 34.9 Å². The summed E-state index contributed by atoms with van der Waals surface area (Å²) in [7, 11) is 1.92. The number of amides is 1. The standard InChI is InChI=1S/C16H22ClN3O.ClH/c1-19(12-6-7-12)16(21)11-20-9-8-18-10-15(20)13-4-2-3-5-14(13)17;/h2-5,12,15,18H,6-11H2,1H3;1H. The first kappa shape index (κ1) is 17.5. The zero-order chi connectivity index (χ0) is 14.8. The highest BCUT2D eigenvalue weighted by atomic mass is 35.5. The van der Waals surface area contributed by atoms with Gasteiger partial charge in [0.15, 0.2) is 0 Å². The molecule has 1 aliphatic heterocycles. The maximum absolute atomic E-state index is 12.4. The zero-order valence-electron chi connectivity index (χ0n) is 12.8. The van der Waals surface area contributed by atoms with Crippen LogP contribution in [-0.2, 0) is 4.79 Å². The molecular weight excluding hydrogens is 321 g/mol. The van der Waals surface area contributed by atoms with E-state index in [4.69, 9.17) is 11.6 Å². The van der Waals surface area contributed by atoms with Crippen molar-refractivity contribution in [3.8, 4) is 0 Å². The van der Waals surface area contributed by atoms with E-state index in [0.29, 0.717) is 12.6 Å². The van der Waals surface area contributed by atoms with Gasteiger partial charge < -0.3 is 10.2 Å². The molecule has 0 spiro atoms. The van der Waals surface area contributed by atoms with E-state index in [1.165, 1.54) is 0 Å². The minimum absolute atomic E-state index is 0. The number of carbonyl (C=O) groups is 1. The third-order valence-corrected chi connectivity index (χ3v) is 4.79. The smallest absolute Gasteiger partial charge is 0.236 e. The average Bonchev–Trinajstić information content (AvgIpc) is 3.32. The molecular formula is C16H23Cl2N3O. The summed E-state index contributed by atoms with van der Waals surface area (Å²) in [6.07, 6.45) is 2.30. The Morgan fingerprint density at radius 3 is 2.82 bits per heavy atom. The van der Waals surface area contributed by atoms with Crippen molar-refractivity contribution in [3.63, 3.8) is 0 Å². The van der Waals surface area contributed by atoms with Crippen molar-refractivity contribution in [2.75, 3.05) is 33.2 Å². The SMILES string of the molecule is CN(C(=O)CN1CCNCC1c1ccccc1Cl)C1CC1.Cl. The summed E-state index contributed by atoms with van der Waals surface area (Å²) in [4.78, 5) is 16.5. The van der Waals surface area contributed by atoms with Gasteiger partial charge >= 0.3 is 0 Å². The molecule has 3 rings (SSSR count). The van der Waals surface area contributed by atoms with Crippen LogP contribution in [0.25, 0.3) is 0 Å². The summed E-state index contributed by atoms with van der Waals surface area (Å²) in [5, 5.41) is 4.18. The molecule has 1 heterocycles. The van der Waals surface area contributed by atoms with Crippen molar-refractivity contribution in [1.29, 1.82) is 0 Å². The first-order chi connectivity index (χ1) is 10.2. The first-order valence-corrected chi connectivity index (χ1v) is 7.99. The van der Waals surface area contributed by atoms with Crippen LogP contribution in [0.5, 0.6) is 0 Å². The summed E-state index contributed by atoms with van der Waals surface area (Å²) in [6.45, 7) is 3.11. The number of rotatable bonds is 4. The van der Waals surface area contributed by atoms with Gasteiger partial charge in [0.25, 0.3) is 0 Å². The third-order valence-electron chi connectivity index (χ3n) is 4.44. The van der Waals surface area contributed by atoms with Crippen molar-refractivity contribution in [1.82, 2.24) is 15.1 Å². The second kappa shape index (κ2) is 7.64. The van der Waals surface area contributed by atoms with Gasteiger partial charge in [0.1, 0.15) is 0 Å². The molecule has 1 atom stereocenters. The van der Waals surface area contributed by atoms with E-state index >= 15 is 0 Å². The third kappa shape index (κ3) is 3.93. The van der Waals surface area contributed by atoms with Crippen molar-refractivity contribution in [2.24, 2.45) is 0 Å². The van der Waals surface area contributed by atoms with Crippen LogP contribution < -0.4 is 5.32 Å². The number of nitrogens with zero attached hydrogens (tertiary/aromatic N) is 2. The van der Waals surface area contributed by atoms with Crippen molar-refractivity contribution < 1.29 is 4.79 Å². The molecule has 0 aromatic heterocycles. The highest BCUT2D eigenvalue weighted by molar-refractivity contribution is 6.31. The number of nitrogens with one attached hydrogen (secondary N) is 1. The Kier molecular flexibility index (Phi) is 6.09. The first-order valence-electron chi connectivity index (χ1n) is 7.61. The van der Waals surface area contributed by atoms with E-state index in [1.54, 1.807) is 0 Å². The molecule has 0 radical (unpaired) electrons. The van der Waals surface area contributed by atoms with Crippen molar-refractivity contribution >= 4 is 29.9 Å².